The Balaban J connectivity index is 2.20. The molecule has 2 N–H and O–H groups in total. The van der Waals surface area contributed by atoms with Gasteiger partial charge < -0.3 is 15.2 Å². The second kappa shape index (κ2) is 5.81. The van der Waals surface area contributed by atoms with Gasteiger partial charge in [0.15, 0.2) is 0 Å². The molecular weight excluding hydrogens is 282 g/mol. The van der Waals surface area contributed by atoms with Crippen LogP contribution >= 0.6 is 11.6 Å². The predicted octanol–water partition coefficient (Wildman–Crippen LogP) is 2.01. The van der Waals surface area contributed by atoms with Crippen LogP contribution in [0.5, 0.6) is 0 Å². The summed E-state index contributed by atoms with van der Waals surface area (Å²) in [6, 6.07) is 5.07. The Hall–Kier alpha value is -1.59. The molecule has 0 saturated carbocycles. The van der Waals surface area contributed by atoms with Crippen molar-refractivity contribution in [2.75, 3.05) is 13.2 Å². The summed E-state index contributed by atoms with van der Waals surface area (Å²) in [6.45, 7) is 2.42. The largest absolute Gasteiger partial charge is 0.481 e. The zero-order chi connectivity index (χ0) is 14.8. The highest BCUT2D eigenvalue weighted by molar-refractivity contribution is 6.31. The van der Waals surface area contributed by atoms with Crippen LogP contribution in [-0.4, -0.2) is 35.7 Å². The Bertz CT molecular complexity index is 538. The van der Waals surface area contributed by atoms with Gasteiger partial charge in [0.05, 0.1) is 18.6 Å². The van der Waals surface area contributed by atoms with Crippen molar-refractivity contribution in [3.8, 4) is 0 Å². The van der Waals surface area contributed by atoms with Crippen LogP contribution in [0, 0.1) is 6.92 Å². The van der Waals surface area contributed by atoms with Crippen molar-refractivity contribution < 1.29 is 19.4 Å². The number of rotatable bonds is 4. The summed E-state index contributed by atoms with van der Waals surface area (Å²) < 4.78 is 5.25. The van der Waals surface area contributed by atoms with Gasteiger partial charge in [0.2, 0.25) is 0 Å². The fraction of sp³-hybridized carbons (Fsp3) is 0.429. The van der Waals surface area contributed by atoms with E-state index in [0.29, 0.717) is 29.2 Å². The van der Waals surface area contributed by atoms with E-state index in [-0.39, 0.29) is 18.9 Å². The van der Waals surface area contributed by atoms with E-state index in [1.54, 1.807) is 25.1 Å². The second-order valence-corrected chi connectivity index (χ2v) is 5.43. The standard InChI is InChI=1S/C14H16ClNO4/c1-9-10(3-2-4-11(9)15)13(19)16-14(7-12(17)18)5-6-20-8-14/h2-4H,5-8H2,1H3,(H,16,19)(H,17,18). The van der Waals surface area contributed by atoms with Gasteiger partial charge in [0, 0.05) is 17.2 Å². The number of halogens is 1. The van der Waals surface area contributed by atoms with E-state index >= 15 is 0 Å². The quantitative estimate of drug-likeness (QED) is 0.891. The fourth-order valence-electron chi connectivity index (χ4n) is 2.34. The number of carbonyl (C=O) groups is 2. The maximum Gasteiger partial charge on any atom is 0.305 e. The van der Waals surface area contributed by atoms with Crippen molar-refractivity contribution in [1.82, 2.24) is 5.32 Å². The molecule has 1 aliphatic heterocycles. The topological polar surface area (TPSA) is 75.6 Å². The van der Waals surface area contributed by atoms with E-state index < -0.39 is 11.5 Å². The van der Waals surface area contributed by atoms with Gasteiger partial charge in [-0.1, -0.05) is 17.7 Å². The van der Waals surface area contributed by atoms with Crippen molar-refractivity contribution >= 4 is 23.5 Å². The predicted molar refractivity (Wildman–Crippen MR) is 74.1 cm³/mol. The number of hydrogen-bond donors (Lipinski definition) is 2. The average molecular weight is 298 g/mol. The lowest BCUT2D eigenvalue weighted by Gasteiger charge is -2.27. The molecule has 5 nitrogen and oxygen atoms in total. The molecular formula is C14H16ClNO4. The van der Waals surface area contributed by atoms with E-state index in [1.807, 2.05) is 0 Å². The average Bonchev–Trinajstić information content (AvgIpc) is 2.79. The van der Waals surface area contributed by atoms with Gasteiger partial charge in [-0.2, -0.15) is 0 Å². The first kappa shape index (κ1) is 14.8. The monoisotopic (exact) mass is 297 g/mol. The number of benzene rings is 1. The van der Waals surface area contributed by atoms with Crippen LogP contribution in [-0.2, 0) is 9.53 Å². The molecule has 1 amide bonds. The minimum atomic E-state index is -0.960. The highest BCUT2D eigenvalue weighted by Gasteiger charge is 2.39. The van der Waals surface area contributed by atoms with Crippen LogP contribution in [0.1, 0.15) is 28.8 Å². The van der Waals surface area contributed by atoms with Crippen LogP contribution in [0.25, 0.3) is 0 Å². The molecule has 0 aromatic heterocycles. The third-order valence-electron chi connectivity index (χ3n) is 3.48. The van der Waals surface area contributed by atoms with Crippen LogP contribution in [0.4, 0.5) is 0 Å². The molecule has 0 bridgehead atoms. The van der Waals surface area contributed by atoms with Crippen LogP contribution < -0.4 is 5.32 Å². The van der Waals surface area contributed by atoms with Crippen LogP contribution in [0.15, 0.2) is 18.2 Å². The molecule has 1 saturated heterocycles. The van der Waals surface area contributed by atoms with Gasteiger partial charge in [-0.25, -0.2) is 0 Å². The molecule has 0 radical (unpaired) electrons. The number of hydrogen-bond acceptors (Lipinski definition) is 3. The lowest BCUT2D eigenvalue weighted by atomic mass is 9.93. The Morgan fingerprint density at radius 2 is 2.25 bits per heavy atom. The molecule has 1 aromatic carbocycles. The summed E-state index contributed by atoms with van der Waals surface area (Å²) in [6.07, 6.45) is 0.336. The van der Waals surface area contributed by atoms with Gasteiger partial charge in [-0.15, -0.1) is 0 Å². The molecule has 108 valence electrons. The molecule has 1 aromatic rings. The summed E-state index contributed by atoms with van der Waals surface area (Å²) in [5, 5.41) is 12.3. The van der Waals surface area contributed by atoms with Crippen molar-refractivity contribution in [3.63, 3.8) is 0 Å². The van der Waals surface area contributed by atoms with Crippen molar-refractivity contribution in [1.29, 1.82) is 0 Å². The van der Waals surface area contributed by atoms with Gasteiger partial charge >= 0.3 is 5.97 Å². The number of aliphatic carboxylic acids is 1. The van der Waals surface area contributed by atoms with E-state index in [4.69, 9.17) is 21.4 Å². The first-order chi connectivity index (χ1) is 9.43. The van der Waals surface area contributed by atoms with E-state index in [1.165, 1.54) is 0 Å². The minimum absolute atomic E-state index is 0.154. The third-order valence-corrected chi connectivity index (χ3v) is 3.89. The summed E-state index contributed by atoms with van der Waals surface area (Å²) >= 11 is 5.99. The lowest BCUT2D eigenvalue weighted by molar-refractivity contribution is -0.138. The van der Waals surface area contributed by atoms with Gasteiger partial charge in [0.25, 0.3) is 5.91 Å². The summed E-state index contributed by atoms with van der Waals surface area (Å²) in [4.78, 5) is 23.3. The molecule has 0 spiro atoms. The number of carboxylic acid groups (broad SMARTS) is 1. The van der Waals surface area contributed by atoms with E-state index in [9.17, 15) is 9.59 Å². The van der Waals surface area contributed by atoms with Gasteiger partial charge in [-0.3, -0.25) is 9.59 Å². The normalized spacial score (nSPS) is 21.7. The maximum absolute atomic E-state index is 12.3. The second-order valence-electron chi connectivity index (χ2n) is 5.02. The number of amides is 1. The molecule has 1 atom stereocenters. The Kier molecular flexibility index (Phi) is 4.30. The molecule has 1 unspecified atom stereocenters. The van der Waals surface area contributed by atoms with Crippen LogP contribution in [0.2, 0.25) is 5.02 Å². The highest BCUT2D eigenvalue weighted by Crippen LogP contribution is 2.25. The van der Waals surface area contributed by atoms with E-state index in [2.05, 4.69) is 5.32 Å². The highest BCUT2D eigenvalue weighted by atomic mass is 35.5. The van der Waals surface area contributed by atoms with Crippen LogP contribution in [0.3, 0.4) is 0 Å². The van der Waals surface area contributed by atoms with Crippen molar-refractivity contribution in [2.45, 2.75) is 25.3 Å². The SMILES string of the molecule is Cc1c(Cl)cccc1C(=O)NC1(CC(=O)O)CCOC1. The lowest BCUT2D eigenvalue weighted by Crippen LogP contribution is -2.50. The fourth-order valence-corrected chi connectivity index (χ4v) is 2.52. The molecule has 20 heavy (non-hydrogen) atoms. The summed E-state index contributed by atoms with van der Waals surface area (Å²) in [5.74, 6) is -1.28. The number of ether oxygens (including phenoxy) is 1. The summed E-state index contributed by atoms with van der Waals surface area (Å²) in [5.41, 5.74) is 0.294. The molecule has 2 rings (SSSR count). The zero-order valence-corrected chi connectivity index (χ0v) is 11.9. The first-order valence-corrected chi connectivity index (χ1v) is 6.68. The summed E-state index contributed by atoms with van der Waals surface area (Å²) in [7, 11) is 0. The molecule has 6 heteroatoms. The van der Waals surface area contributed by atoms with Crippen molar-refractivity contribution in [3.05, 3.63) is 34.3 Å². The number of nitrogens with one attached hydrogen (secondary N) is 1. The van der Waals surface area contributed by atoms with Crippen molar-refractivity contribution in [2.24, 2.45) is 0 Å². The smallest absolute Gasteiger partial charge is 0.305 e. The number of carbonyl (C=O) groups excluding carboxylic acids is 1. The molecule has 1 aliphatic rings. The Labute approximate surface area is 121 Å². The Morgan fingerprint density at radius 1 is 1.50 bits per heavy atom. The molecule has 1 fully saturated rings. The maximum atomic E-state index is 12.3. The van der Waals surface area contributed by atoms with Gasteiger partial charge in [-0.05, 0) is 31.0 Å². The zero-order valence-electron chi connectivity index (χ0n) is 11.1. The minimum Gasteiger partial charge on any atom is -0.481 e. The third kappa shape index (κ3) is 3.11. The van der Waals surface area contributed by atoms with Gasteiger partial charge in [0.1, 0.15) is 0 Å². The Morgan fingerprint density at radius 3 is 2.85 bits per heavy atom. The molecule has 1 heterocycles. The molecule has 0 aliphatic carbocycles. The number of carboxylic acids is 1. The first-order valence-electron chi connectivity index (χ1n) is 6.31. The van der Waals surface area contributed by atoms with E-state index in [0.717, 1.165) is 0 Å².